The van der Waals surface area contributed by atoms with Gasteiger partial charge in [-0.05, 0) is 12.1 Å². The molecule has 0 aliphatic rings. The molecule has 10 nitrogen and oxygen atoms in total. The zero-order valence-corrected chi connectivity index (χ0v) is 16.9. The van der Waals surface area contributed by atoms with Gasteiger partial charge in [0.1, 0.15) is 10.6 Å². The molecule has 4 aromatic rings. The summed E-state index contributed by atoms with van der Waals surface area (Å²) in [5.74, 6) is -3.34. The van der Waals surface area contributed by atoms with Gasteiger partial charge >= 0.3 is 0 Å². The van der Waals surface area contributed by atoms with E-state index < -0.39 is 22.9 Å². The predicted octanol–water partition coefficient (Wildman–Crippen LogP) is 2.47. The average molecular weight is 452 g/mol. The van der Waals surface area contributed by atoms with Crippen molar-refractivity contribution in [1.29, 1.82) is 0 Å². The maximum atomic E-state index is 13.6. The van der Waals surface area contributed by atoms with Crippen LogP contribution in [-0.4, -0.2) is 45.1 Å². The molecule has 0 atom stereocenters. The number of hydrogen-bond donors (Lipinski definition) is 1. The van der Waals surface area contributed by atoms with E-state index in [1.54, 1.807) is 0 Å². The molecular formula is C18H17F2N7O3S. The summed E-state index contributed by atoms with van der Waals surface area (Å²) in [6, 6.07) is 2.22. The first-order chi connectivity index (χ1) is 15.8. The van der Waals surface area contributed by atoms with Crippen LogP contribution in [0.4, 0.5) is 14.5 Å². The summed E-state index contributed by atoms with van der Waals surface area (Å²) in [5, 5.41) is 7.98. The van der Waals surface area contributed by atoms with Crippen LogP contribution in [0.2, 0.25) is 0 Å². The zero-order valence-electron chi connectivity index (χ0n) is 19.1. The third-order valence-corrected chi connectivity index (χ3v) is 5.66. The van der Waals surface area contributed by atoms with Crippen molar-refractivity contribution in [1.82, 2.24) is 29.5 Å². The maximum absolute atomic E-state index is 13.6. The molecule has 0 aromatic carbocycles. The number of pyridine rings is 2. The Morgan fingerprint density at radius 2 is 2.03 bits per heavy atom. The number of fused-ring (bicyclic) bond motifs is 1. The SMILES string of the molecule is [2H]C([2H])([2H])n1ncc2cnc(OC)c(NS(=O)(=O)c3cnn(-c4cc(C(C)(F)F)ccn4)c3)c21. The second-order valence-electron chi connectivity index (χ2n) is 6.52. The van der Waals surface area contributed by atoms with Crippen LogP contribution in [0.5, 0.6) is 5.88 Å². The Hall–Kier alpha value is -3.61. The van der Waals surface area contributed by atoms with Gasteiger partial charge in [0.2, 0.25) is 5.88 Å². The van der Waals surface area contributed by atoms with Crippen molar-refractivity contribution >= 4 is 26.6 Å². The normalized spacial score (nSPS) is 14.1. The van der Waals surface area contributed by atoms with Crippen molar-refractivity contribution in [3.8, 4) is 11.7 Å². The van der Waals surface area contributed by atoms with Crippen molar-refractivity contribution in [2.24, 2.45) is 6.98 Å². The van der Waals surface area contributed by atoms with E-state index in [2.05, 4.69) is 24.9 Å². The van der Waals surface area contributed by atoms with E-state index in [4.69, 9.17) is 8.85 Å². The lowest BCUT2D eigenvalue weighted by atomic mass is 10.1. The topological polar surface area (TPSA) is 117 Å². The summed E-state index contributed by atoms with van der Waals surface area (Å²) in [6.45, 7) is -1.99. The molecule has 4 heterocycles. The quantitative estimate of drug-likeness (QED) is 0.478. The molecule has 0 fully saturated rings. The van der Waals surface area contributed by atoms with Crippen LogP contribution in [0.25, 0.3) is 16.7 Å². The highest BCUT2D eigenvalue weighted by atomic mass is 32.2. The molecule has 31 heavy (non-hydrogen) atoms. The minimum atomic E-state index is -4.36. The first-order valence-electron chi connectivity index (χ1n) is 10.1. The number of nitrogens with one attached hydrogen (secondary N) is 1. The van der Waals surface area contributed by atoms with E-state index >= 15 is 0 Å². The lowest BCUT2D eigenvalue weighted by Gasteiger charge is -2.12. The number of hydrogen-bond acceptors (Lipinski definition) is 7. The number of halogens is 2. The minimum absolute atomic E-state index is 0.0256. The van der Waals surface area contributed by atoms with Gasteiger partial charge in [-0.15, -0.1) is 0 Å². The number of aromatic nitrogens is 6. The van der Waals surface area contributed by atoms with Gasteiger partial charge in [0.05, 0.1) is 31.2 Å². The van der Waals surface area contributed by atoms with Gasteiger partial charge in [-0.1, -0.05) is 0 Å². The molecule has 0 saturated heterocycles. The second kappa shape index (κ2) is 7.27. The Labute approximate surface area is 179 Å². The summed E-state index contributed by atoms with van der Waals surface area (Å²) in [5.41, 5.74) is -0.634. The molecular weight excluding hydrogens is 432 g/mol. The van der Waals surface area contributed by atoms with Crippen LogP contribution in [0, 0.1) is 0 Å². The third-order valence-electron chi connectivity index (χ3n) is 4.36. The first kappa shape index (κ1) is 17.1. The fourth-order valence-corrected chi connectivity index (χ4v) is 3.82. The fraction of sp³-hybridized carbons (Fsp3) is 0.222. The Morgan fingerprint density at radius 1 is 1.23 bits per heavy atom. The van der Waals surface area contributed by atoms with E-state index in [0.29, 0.717) is 4.68 Å². The Bertz CT molecular complexity index is 1480. The summed E-state index contributed by atoms with van der Waals surface area (Å²) < 4.78 is 85.6. The highest BCUT2D eigenvalue weighted by molar-refractivity contribution is 7.92. The molecule has 0 saturated carbocycles. The first-order valence-corrected chi connectivity index (χ1v) is 10.1. The van der Waals surface area contributed by atoms with Gasteiger partial charge in [-0.2, -0.15) is 10.2 Å². The Kier molecular flexibility index (Phi) is 4.01. The summed E-state index contributed by atoms with van der Waals surface area (Å²) in [4.78, 5) is 7.60. The van der Waals surface area contributed by atoms with Crippen LogP contribution in [0.1, 0.15) is 16.6 Å². The second-order valence-corrected chi connectivity index (χ2v) is 8.20. The highest BCUT2D eigenvalue weighted by Gasteiger charge is 2.26. The van der Waals surface area contributed by atoms with E-state index in [0.717, 1.165) is 42.3 Å². The number of rotatable bonds is 6. The average Bonchev–Trinajstić information content (AvgIpc) is 3.41. The summed E-state index contributed by atoms with van der Waals surface area (Å²) >= 11 is 0. The predicted molar refractivity (Wildman–Crippen MR) is 107 cm³/mol. The molecule has 4 aromatic heterocycles. The molecule has 0 bridgehead atoms. The van der Waals surface area contributed by atoms with Crippen molar-refractivity contribution < 1.29 is 26.0 Å². The van der Waals surface area contributed by atoms with Crippen LogP contribution in [0.15, 0.2) is 48.0 Å². The number of aryl methyl sites for hydroxylation is 1. The number of anilines is 1. The Morgan fingerprint density at radius 3 is 2.74 bits per heavy atom. The molecule has 0 unspecified atom stereocenters. The van der Waals surface area contributed by atoms with Gasteiger partial charge in [0, 0.05) is 41.4 Å². The largest absolute Gasteiger partial charge is 0.479 e. The standard InChI is InChI=1S/C18H17F2N7O3S/c1-18(19,20)12-4-5-21-14(6-12)27-10-13(9-24-27)31(28,29)25-15-16-11(8-23-26(16)2)7-22-17(15)30-3/h4-10,25H,1-3H3/i2D3. The molecule has 4 rings (SSSR count). The van der Waals surface area contributed by atoms with Gasteiger partial charge in [-0.3, -0.25) is 9.40 Å². The molecule has 0 amide bonds. The molecule has 0 aliphatic carbocycles. The molecule has 0 radical (unpaired) electrons. The Balaban J connectivity index is 1.76. The van der Waals surface area contributed by atoms with Crippen molar-refractivity contribution in [2.75, 3.05) is 11.8 Å². The van der Waals surface area contributed by atoms with Crippen molar-refractivity contribution in [3.63, 3.8) is 0 Å². The van der Waals surface area contributed by atoms with Crippen molar-refractivity contribution in [3.05, 3.63) is 48.7 Å². The third kappa shape index (κ3) is 3.79. The van der Waals surface area contributed by atoms with E-state index in [9.17, 15) is 17.2 Å². The number of ether oxygens (including phenoxy) is 1. The molecule has 13 heteroatoms. The number of sulfonamides is 1. The van der Waals surface area contributed by atoms with Crippen molar-refractivity contribution in [2.45, 2.75) is 17.7 Å². The minimum Gasteiger partial charge on any atom is -0.479 e. The van der Waals surface area contributed by atoms with Crippen LogP contribution >= 0.6 is 0 Å². The lowest BCUT2D eigenvalue weighted by Crippen LogP contribution is -2.14. The monoisotopic (exact) mass is 452 g/mol. The molecule has 162 valence electrons. The van der Waals surface area contributed by atoms with E-state index in [-0.39, 0.29) is 38.7 Å². The number of alkyl halides is 2. The van der Waals surface area contributed by atoms with Gasteiger partial charge < -0.3 is 4.74 Å². The molecule has 0 aliphatic heterocycles. The maximum Gasteiger partial charge on any atom is 0.270 e. The molecule has 0 spiro atoms. The molecule has 1 N–H and O–H groups in total. The lowest BCUT2D eigenvalue weighted by molar-refractivity contribution is 0.0173. The van der Waals surface area contributed by atoms with Gasteiger partial charge in [0.15, 0.2) is 5.82 Å². The van der Waals surface area contributed by atoms with Crippen LogP contribution < -0.4 is 9.46 Å². The van der Waals surface area contributed by atoms with Crippen LogP contribution in [0.3, 0.4) is 0 Å². The van der Waals surface area contributed by atoms with E-state index in [1.807, 2.05) is 0 Å². The summed E-state index contributed by atoms with van der Waals surface area (Å²) in [6.07, 6.45) is 5.74. The summed E-state index contributed by atoms with van der Waals surface area (Å²) in [7, 11) is -3.12. The highest BCUT2D eigenvalue weighted by Crippen LogP contribution is 2.32. The van der Waals surface area contributed by atoms with Gasteiger partial charge in [-0.25, -0.2) is 31.8 Å². The number of methoxy groups -OCH3 is 1. The van der Waals surface area contributed by atoms with Gasteiger partial charge in [0.25, 0.3) is 15.9 Å². The zero-order chi connectivity index (χ0) is 24.9. The van der Waals surface area contributed by atoms with E-state index in [1.165, 1.54) is 19.5 Å². The van der Waals surface area contributed by atoms with Crippen LogP contribution in [-0.2, 0) is 22.9 Å². The smallest absolute Gasteiger partial charge is 0.270 e. The fourth-order valence-electron chi connectivity index (χ4n) is 2.83. The number of nitrogens with zero attached hydrogens (tertiary/aromatic N) is 6.